The molecule has 0 bridgehead atoms. The van der Waals surface area contributed by atoms with E-state index in [1.165, 1.54) is 16.7 Å². The third kappa shape index (κ3) is 5.95. The van der Waals surface area contributed by atoms with Gasteiger partial charge in [-0.2, -0.15) is 0 Å². The predicted octanol–water partition coefficient (Wildman–Crippen LogP) is 4.29. The summed E-state index contributed by atoms with van der Waals surface area (Å²) in [6, 6.07) is 6.23. The molecule has 1 aromatic carbocycles. The van der Waals surface area contributed by atoms with Crippen LogP contribution in [0, 0.1) is 13.8 Å². The SMILES string of the molecule is CC.CC.Cc1cccc(C)c1/C=C\N. The normalized spacial score (nSPS) is 8.67. The van der Waals surface area contributed by atoms with Crippen LogP contribution in [-0.4, -0.2) is 0 Å². The van der Waals surface area contributed by atoms with Gasteiger partial charge in [-0.15, -0.1) is 0 Å². The van der Waals surface area contributed by atoms with Gasteiger partial charge in [-0.25, -0.2) is 0 Å². The van der Waals surface area contributed by atoms with Crippen molar-refractivity contribution in [2.75, 3.05) is 0 Å². The molecule has 0 fully saturated rings. The first-order valence-corrected chi connectivity index (χ1v) is 5.70. The summed E-state index contributed by atoms with van der Waals surface area (Å²) in [7, 11) is 0. The van der Waals surface area contributed by atoms with Crippen molar-refractivity contribution < 1.29 is 0 Å². The van der Waals surface area contributed by atoms with Crippen LogP contribution in [0.25, 0.3) is 6.08 Å². The summed E-state index contributed by atoms with van der Waals surface area (Å²) in [6.07, 6.45) is 3.51. The Bertz CT molecular complexity index is 254. The van der Waals surface area contributed by atoms with E-state index in [1.807, 2.05) is 33.8 Å². The van der Waals surface area contributed by atoms with Gasteiger partial charge in [0.25, 0.3) is 0 Å². The van der Waals surface area contributed by atoms with E-state index in [0.29, 0.717) is 0 Å². The molecule has 1 heteroatoms. The van der Waals surface area contributed by atoms with E-state index in [0.717, 1.165) is 0 Å². The van der Waals surface area contributed by atoms with Crippen molar-refractivity contribution in [2.45, 2.75) is 41.5 Å². The maximum absolute atomic E-state index is 5.32. The number of benzene rings is 1. The minimum absolute atomic E-state index is 1.23. The van der Waals surface area contributed by atoms with E-state index >= 15 is 0 Å². The van der Waals surface area contributed by atoms with Gasteiger partial charge in [0.2, 0.25) is 0 Å². The van der Waals surface area contributed by atoms with Gasteiger partial charge in [-0.1, -0.05) is 45.9 Å². The Morgan fingerprint density at radius 2 is 1.33 bits per heavy atom. The van der Waals surface area contributed by atoms with Gasteiger partial charge >= 0.3 is 0 Å². The molecule has 0 saturated heterocycles. The summed E-state index contributed by atoms with van der Waals surface area (Å²) in [5, 5.41) is 0. The van der Waals surface area contributed by atoms with Crippen LogP contribution in [-0.2, 0) is 0 Å². The van der Waals surface area contributed by atoms with Crippen LogP contribution >= 0.6 is 0 Å². The van der Waals surface area contributed by atoms with Gasteiger partial charge in [0.15, 0.2) is 0 Å². The third-order valence-corrected chi connectivity index (χ3v) is 1.81. The van der Waals surface area contributed by atoms with E-state index in [9.17, 15) is 0 Å². The number of hydrogen-bond acceptors (Lipinski definition) is 1. The fraction of sp³-hybridized carbons (Fsp3) is 0.429. The quantitative estimate of drug-likeness (QED) is 0.730. The highest BCUT2D eigenvalue weighted by Crippen LogP contribution is 2.13. The van der Waals surface area contributed by atoms with E-state index < -0.39 is 0 Å². The van der Waals surface area contributed by atoms with Crippen LogP contribution in [0.2, 0.25) is 0 Å². The van der Waals surface area contributed by atoms with E-state index in [4.69, 9.17) is 5.73 Å². The zero-order valence-corrected chi connectivity index (χ0v) is 11.0. The van der Waals surface area contributed by atoms with Crippen molar-refractivity contribution in [1.29, 1.82) is 0 Å². The zero-order valence-electron chi connectivity index (χ0n) is 11.0. The summed E-state index contributed by atoms with van der Waals surface area (Å²) in [4.78, 5) is 0. The largest absolute Gasteiger partial charge is 0.405 e. The first kappa shape index (κ1) is 16.2. The van der Waals surface area contributed by atoms with Gasteiger partial charge in [0.1, 0.15) is 0 Å². The van der Waals surface area contributed by atoms with Gasteiger partial charge in [-0.3, -0.25) is 0 Å². The Kier molecular flexibility index (Phi) is 11.7. The molecule has 0 amide bonds. The zero-order chi connectivity index (χ0) is 12.3. The monoisotopic (exact) mass is 207 g/mol. The average molecular weight is 207 g/mol. The van der Waals surface area contributed by atoms with Crippen molar-refractivity contribution in [3.05, 3.63) is 41.1 Å². The molecular formula is C14H25N. The fourth-order valence-corrected chi connectivity index (χ4v) is 1.19. The molecule has 15 heavy (non-hydrogen) atoms. The Hall–Kier alpha value is -1.24. The lowest BCUT2D eigenvalue weighted by atomic mass is 10.0. The van der Waals surface area contributed by atoms with Gasteiger partial charge < -0.3 is 5.73 Å². The molecule has 0 aromatic heterocycles. The van der Waals surface area contributed by atoms with E-state index in [-0.39, 0.29) is 0 Å². The second-order valence-electron chi connectivity index (χ2n) is 2.66. The first-order chi connectivity index (χ1) is 7.25. The molecule has 0 radical (unpaired) electrons. The van der Waals surface area contributed by atoms with Crippen molar-refractivity contribution in [3.63, 3.8) is 0 Å². The van der Waals surface area contributed by atoms with Crippen molar-refractivity contribution in [3.8, 4) is 0 Å². The first-order valence-electron chi connectivity index (χ1n) is 5.70. The van der Waals surface area contributed by atoms with Gasteiger partial charge in [-0.05, 0) is 42.8 Å². The highest BCUT2D eigenvalue weighted by Gasteiger charge is 1.95. The Morgan fingerprint density at radius 3 is 1.67 bits per heavy atom. The van der Waals surface area contributed by atoms with Crippen molar-refractivity contribution in [2.24, 2.45) is 5.73 Å². The highest BCUT2D eigenvalue weighted by atomic mass is 14.5. The molecule has 0 aliphatic heterocycles. The van der Waals surface area contributed by atoms with Crippen LogP contribution in [0.3, 0.4) is 0 Å². The molecule has 1 rings (SSSR count). The molecule has 0 aliphatic carbocycles. The second kappa shape index (κ2) is 10.8. The molecule has 86 valence electrons. The summed E-state index contributed by atoms with van der Waals surface area (Å²) < 4.78 is 0. The molecule has 0 spiro atoms. The smallest absolute Gasteiger partial charge is 0.00562 e. The van der Waals surface area contributed by atoms with E-state index in [2.05, 4.69) is 32.0 Å². The molecule has 1 aromatic rings. The lowest BCUT2D eigenvalue weighted by molar-refractivity contribution is 1.35. The van der Waals surface area contributed by atoms with Crippen molar-refractivity contribution in [1.82, 2.24) is 0 Å². The summed E-state index contributed by atoms with van der Waals surface area (Å²) in [5.41, 5.74) is 9.09. The standard InChI is InChI=1S/C10H13N.2C2H6/c1-8-4-3-5-9(2)10(8)6-7-11;2*1-2/h3-7H,11H2,1-2H3;2*1-2H3/b7-6-;;. The molecule has 0 heterocycles. The molecule has 0 saturated carbocycles. The Balaban J connectivity index is 0. The van der Waals surface area contributed by atoms with Crippen LogP contribution in [0.5, 0.6) is 0 Å². The third-order valence-electron chi connectivity index (χ3n) is 1.81. The number of hydrogen-bond donors (Lipinski definition) is 1. The summed E-state index contributed by atoms with van der Waals surface area (Å²) in [5.74, 6) is 0. The molecule has 1 nitrogen and oxygen atoms in total. The maximum atomic E-state index is 5.32. The van der Waals surface area contributed by atoms with E-state index in [1.54, 1.807) is 6.20 Å². The van der Waals surface area contributed by atoms with Gasteiger partial charge in [0.05, 0.1) is 0 Å². The molecule has 2 N–H and O–H groups in total. The van der Waals surface area contributed by atoms with Crippen LogP contribution in [0.15, 0.2) is 24.4 Å². The Morgan fingerprint density at radius 1 is 0.933 bits per heavy atom. The van der Waals surface area contributed by atoms with Crippen LogP contribution in [0.4, 0.5) is 0 Å². The Labute approximate surface area is 95.0 Å². The van der Waals surface area contributed by atoms with Crippen LogP contribution < -0.4 is 5.73 Å². The van der Waals surface area contributed by atoms with Crippen molar-refractivity contribution >= 4 is 6.08 Å². The minimum atomic E-state index is 1.23. The highest BCUT2D eigenvalue weighted by molar-refractivity contribution is 5.56. The number of aryl methyl sites for hydroxylation is 2. The summed E-state index contributed by atoms with van der Waals surface area (Å²) in [6.45, 7) is 12.2. The van der Waals surface area contributed by atoms with Gasteiger partial charge in [0, 0.05) is 0 Å². The lowest BCUT2D eigenvalue weighted by Crippen LogP contribution is -1.86. The molecular weight excluding hydrogens is 182 g/mol. The fourth-order valence-electron chi connectivity index (χ4n) is 1.19. The average Bonchev–Trinajstić information content (AvgIpc) is 2.29. The molecule has 0 unspecified atom stereocenters. The molecule has 0 atom stereocenters. The van der Waals surface area contributed by atoms with Crippen LogP contribution in [0.1, 0.15) is 44.4 Å². The summed E-state index contributed by atoms with van der Waals surface area (Å²) >= 11 is 0. The molecule has 0 aliphatic rings. The lowest BCUT2D eigenvalue weighted by Gasteiger charge is -2.02. The topological polar surface area (TPSA) is 26.0 Å². The minimum Gasteiger partial charge on any atom is -0.405 e. The number of rotatable bonds is 1. The maximum Gasteiger partial charge on any atom is -0.00562 e. The predicted molar refractivity (Wildman–Crippen MR) is 71.8 cm³/mol. The second-order valence-corrected chi connectivity index (χ2v) is 2.66. The number of nitrogens with two attached hydrogens (primary N) is 1.